The van der Waals surface area contributed by atoms with E-state index in [2.05, 4.69) is 10.2 Å². The molecular formula is C15H12FN3O. The largest absolute Gasteiger partial charge is 0.452 e. The van der Waals surface area contributed by atoms with Crippen molar-refractivity contribution in [3.8, 4) is 11.5 Å². The van der Waals surface area contributed by atoms with Crippen LogP contribution in [0.2, 0.25) is 0 Å². The van der Waals surface area contributed by atoms with Crippen LogP contribution in [-0.4, -0.2) is 10.2 Å². The fourth-order valence-corrected chi connectivity index (χ4v) is 1.93. The first-order valence-electron chi connectivity index (χ1n) is 6.09. The smallest absolute Gasteiger partial charge is 0.167 e. The molecule has 1 heterocycles. The minimum Gasteiger partial charge on any atom is -0.452 e. The van der Waals surface area contributed by atoms with E-state index in [-0.39, 0.29) is 5.75 Å². The predicted molar refractivity (Wildman–Crippen MR) is 75.2 cm³/mol. The average Bonchev–Trinajstić information content (AvgIpc) is 2.45. The third-order valence-electron chi connectivity index (χ3n) is 3.05. The molecule has 0 aliphatic rings. The van der Waals surface area contributed by atoms with Gasteiger partial charge in [0.05, 0.1) is 11.7 Å². The highest BCUT2D eigenvalue weighted by molar-refractivity contribution is 5.84. The zero-order chi connectivity index (χ0) is 14.1. The number of benzene rings is 2. The number of hydrogen-bond donors (Lipinski definition) is 1. The summed E-state index contributed by atoms with van der Waals surface area (Å²) in [4.78, 5) is 0. The highest BCUT2D eigenvalue weighted by Gasteiger charge is 2.10. The van der Waals surface area contributed by atoms with Crippen LogP contribution in [0.25, 0.3) is 10.9 Å². The Hall–Kier alpha value is -2.69. The molecule has 0 saturated carbocycles. The Morgan fingerprint density at radius 3 is 2.80 bits per heavy atom. The number of nitrogens with zero attached hydrogens (tertiary/aromatic N) is 2. The summed E-state index contributed by atoms with van der Waals surface area (Å²) in [5, 5.41) is 8.62. The predicted octanol–water partition coefficient (Wildman–Crippen LogP) is 3.45. The third kappa shape index (κ3) is 2.14. The number of halogens is 1. The first-order valence-corrected chi connectivity index (χ1v) is 6.09. The molecule has 3 aromatic rings. The molecule has 0 amide bonds. The van der Waals surface area contributed by atoms with Crippen molar-refractivity contribution in [1.82, 2.24) is 10.2 Å². The molecule has 0 bridgehead atoms. The number of fused-ring (bicyclic) bond motifs is 1. The van der Waals surface area contributed by atoms with Gasteiger partial charge in [-0.3, -0.25) is 0 Å². The highest BCUT2D eigenvalue weighted by Crippen LogP contribution is 2.31. The highest BCUT2D eigenvalue weighted by atomic mass is 19.1. The molecule has 0 aliphatic heterocycles. The van der Waals surface area contributed by atoms with Crippen LogP contribution in [0.5, 0.6) is 11.5 Å². The van der Waals surface area contributed by atoms with Gasteiger partial charge in [0.25, 0.3) is 0 Å². The first kappa shape index (κ1) is 12.3. The summed E-state index contributed by atoms with van der Waals surface area (Å²) in [6, 6.07) is 10.2. The fourth-order valence-electron chi connectivity index (χ4n) is 1.93. The van der Waals surface area contributed by atoms with E-state index in [9.17, 15) is 4.39 Å². The number of rotatable bonds is 2. The van der Waals surface area contributed by atoms with Gasteiger partial charge < -0.3 is 10.5 Å². The molecule has 0 unspecified atom stereocenters. The van der Waals surface area contributed by atoms with E-state index in [1.54, 1.807) is 13.0 Å². The van der Waals surface area contributed by atoms with Crippen molar-refractivity contribution in [3.05, 3.63) is 54.0 Å². The van der Waals surface area contributed by atoms with Crippen molar-refractivity contribution in [1.29, 1.82) is 0 Å². The standard InChI is InChI=1S/C15H12FN3O/c1-9-6-14(11(16)7-12(9)17)20-15-8-18-19-13-5-3-2-4-10(13)15/h2-8H,17H2,1H3. The van der Waals surface area contributed by atoms with Crippen molar-refractivity contribution in [2.45, 2.75) is 6.92 Å². The average molecular weight is 269 g/mol. The van der Waals surface area contributed by atoms with Crippen molar-refractivity contribution < 1.29 is 9.13 Å². The van der Waals surface area contributed by atoms with Crippen LogP contribution in [0.1, 0.15) is 5.56 Å². The molecule has 100 valence electrons. The molecule has 2 aromatic carbocycles. The van der Waals surface area contributed by atoms with Crippen molar-refractivity contribution >= 4 is 16.6 Å². The molecule has 3 rings (SSSR count). The van der Waals surface area contributed by atoms with Crippen molar-refractivity contribution in [2.24, 2.45) is 0 Å². The van der Waals surface area contributed by atoms with Crippen LogP contribution in [0.4, 0.5) is 10.1 Å². The van der Waals surface area contributed by atoms with Crippen molar-refractivity contribution in [2.75, 3.05) is 5.73 Å². The van der Waals surface area contributed by atoms with Gasteiger partial charge in [0, 0.05) is 17.1 Å². The quantitative estimate of drug-likeness (QED) is 0.724. The van der Waals surface area contributed by atoms with Gasteiger partial charge in [-0.05, 0) is 30.7 Å². The van der Waals surface area contributed by atoms with E-state index in [0.717, 1.165) is 10.9 Å². The summed E-state index contributed by atoms with van der Waals surface area (Å²) in [7, 11) is 0. The summed E-state index contributed by atoms with van der Waals surface area (Å²) in [6.07, 6.45) is 1.47. The molecule has 20 heavy (non-hydrogen) atoms. The number of aryl methyl sites for hydroxylation is 1. The summed E-state index contributed by atoms with van der Waals surface area (Å²) in [6.45, 7) is 1.80. The van der Waals surface area contributed by atoms with Gasteiger partial charge in [0.2, 0.25) is 0 Å². The zero-order valence-electron chi connectivity index (χ0n) is 10.8. The Kier molecular flexibility index (Phi) is 2.95. The number of hydrogen-bond acceptors (Lipinski definition) is 4. The SMILES string of the molecule is Cc1cc(Oc2cnnc3ccccc23)c(F)cc1N. The fraction of sp³-hybridized carbons (Fsp3) is 0.0667. The molecule has 0 radical (unpaired) electrons. The lowest BCUT2D eigenvalue weighted by atomic mass is 10.2. The minimum absolute atomic E-state index is 0.120. The van der Waals surface area contributed by atoms with Crippen LogP contribution >= 0.6 is 0 Å². The Bertz CT molecular complexity index is 784. The second-order valence-electron chi connectivity index (χ2n) is 4.47. The molecule has 4 nitrogen and oxygen atoms in total. The molecule has 0 atom stereocenters. The Balaban J connectivity index is 2.08. The molecule has 0 saturated heterocycles. The summed E-state index contributed by atoms with van der Waals surface area (Å²) in [5.74, 6) is 0.0718. The van der Waals surface area contributed by atoms with Gasteiger partial charge >= 0.3 is 0 Å². The maximum atomic E-state index is 13.9. The van der Waals surface area contributed by atoms with E-state index >= 15 is 0 Å². The summed E-state index contributed by atoms with van der Waals surface area (Å²) in [5.41, 5.74) is 7.50. The molecule has 0 aliphatic carbocycles. The van der Waals surface area contributed by atoms with Crippen LogP contribution < -0.4 is 10.5 Å². The molecule has 5 heteroatoms. The van der Waals surface area contributed by atoms with E-state index in [1.807, 2.05) is 24.3 Å². The van der Waals surface area contributed by atoms with Gasteiger partial charge in [-0.1, -0.05) is 12.1 Å². The van der Waals surface area contributed by atoms with Gasteiger partial charge in [-0.25, -0.2) is 4.39 Å². The number of nitrogens with two attached hydrogens (primary N) is 1. The zero-order valence-corrected chi connectivity index (χ0v) is 10.8. The van der Waals surface area contributed by atoms with Gasteiger partial charge in [-0.2, -0.15) is 10.2 Å². The van der Waals surface area contributed by atoms with Crippen molar-refractivity contribution in [3.63, 3.8) is 0 Å². The summed E-state index contributed by atoms with van der Waals surface area (Å²) < 4.78 is 19.5. The van der Waals surface area contributed by atoms with E-state index < -0.39 is 5.82 Å². The van der Waals surface area contributed by atoms with Crippen LogP contribution in [0, 0.1) is 12.7 Å². The van der Waals surface area contributed by atoms with Gasteiger partial charge in [0.15, 0.2) is 17.3 Å². The Morgan fingerprint density at radius 2 is 1.95 bits per heavy atom. The third-order valence-corrected chi connectivity index (χ3v) is 3.05. The molecule has 0 fully saturated rings. The number of nitrogen functional groups attached to an aromatic ring is 1. The van der Waals surface area contributed by atoms with Gasteiger partial charge in [0.1, 0.15) is 0 Å². The normalized spacial score (nSPS) is 10.7. The van der Waals surface area contributed by atoms with E-state index in [4.69, 9.17) is 10.5 Å². The molecule has 0 spiro atoms. The topological polar surface area (TPSA) is 61.0 Å². The van der Waals surface area contributed by atoms with Crippen LogP contribution in [-0.2, 0) is 0 Å². The Labute approximate surface area is 115 Å². The minimum atomic E-state index is -0.506. The number of anilines is 1. The lowest BCUT2D eigenvalue weighted by Gasteiger charge is -2.10. The number of aromatic nitrogens is 2. The lowest BCUT2D eigenvalue weighted by molar-refractivity contribution is 0.444. The van der Waals surface area contributed by atoms with E-state index in [0.29, 0.717) is 17.0 Å². The lowest BCUT2D eigenvalue weighted by Crippen LogP contribution is -1.96. The molecular weight excluding hydrogens is 257 g/mol. The maximum Gasteiger partial charge on any atom is 0.167 e. The second kappa shape index (κ2) is 4.77. The maximum absolute atomic E-state index is 13.9. The number of ether oxygens (including phenoxy) is 1. The first-order chi connectivity index (χ1) is 9.65. The Morgan fingerprint density at radius 1 is 1.15 bits per heavy atom. The monoisotopic (exact) mass is 269 g/mol. The second-order valence-corrected chi connectivity index (χ2v) is 4.47. The summed E-state index contributed by atoms with van der Waals surface area (Å²) >= 11 is 0. The van der Waals surface area contributed by atoms with E-state index in [1.165, 1.54) is 12.3 Å². The molecule has 2 N–H and O–H groups in total. The van der Waals surface area contributed by atoms with Gasteiger partial charge in [-0.15, -0.1) is 0 Å². The van der Waals surface area contributed by atoms with Crippen LogP contribution in [0.3, 0.4) is 0 Å². The van der Waals surface area contributed by atoms with Crippen LogP contribution in [0.15, 0.2) is 42.6 Å². The molecule has 1 aromatic heterocycles.